The van der Waals surface area contributed by atoms with Crippen molar-refractivity contribution >= 4 is 17.2 Å². The standard InChI is InChI=1S/C17H21N3OS/c21-17(19-10-8-14-4-1-2-9-18-14)15-7-6-13(12-20-15)16-5-3-11-22-16/h3,5-7,11-12,14,18H,1-2,4,8-10H2,(H,19,21). The summed E-state index contributed by atoms with van der Waals surface area (Å²) in [5, 5.41) is 8.49. The summed E-state index contributed by atoms with van der Waals surface area (Å²) in [5.41, 5.74) is 1.54. The van der Waals surface area contributed by atoms with Crippen LogP contribution in [0.15, 0.2) is 35.8 Å². The molecule has 22 heavy (non-hydrogen) atoms. The number of nitrogens with one attached hydrogen (secondary N) is 2. The van der Waals surface area contributed by atoms with Crippen molar-refractivity contribution in [1.82, 2.24) is 15.6 Å². The second-order valence-electron chi connectivity index (χ2n) is 5.60. The summed E-state index contributed by atoms with van der Waals surface area (Å²) in [4.78, 5) is 17.5. The fourth-order valence-corrected chi connectivity index (χ4v) is 3.46. The van der Waals surface area contributed by atoms with E-state index in [4.69, 9.17) is 0 Å². The van der Waals surface area contributed by atoms with Crippen molar-refractivity contribution in [3.05, 3.63) is 41.5 Å². The van der Waals surface area contributed by atoms with Crippen LogP contribution in [0.2, 0.25) is 0 Å². The molecular formula is C17H21N3OS. The molecule has 0 aromatic carbocycles. The Balaban J connectivity index is 1.49. The molecule has 2 N–H and O–H groups in total. The van der Waals surface area contributed by atoms with E-state index in [-0.39, 0.29) is 5.91 Å². The molecule has 1 saturated heterocycles. The number of hydrogen-bond donors (Lipinski definition) is 2. The molecule has 1 aliphatic rings. The second-order valence-corrected chi connectivity index (χ2v) is 6.55. The minimum absolute atomic E-state index is 0.0893. The van der Waals surface area contributed by atoms with Crippen molar-refractivity contribution in [3.63, 3.8) is 0 Å². The maximum absolute atomic E-state index is 12.1. The van der Waals surface area contributed by atoms with Gasteiger partial charge in [-0.25, -0.2) is 0 Å². The van der Waals surface area contributed by atoms with E-state index in [2.05, 4.69) is 21.7 Å². The van der Waals surface area contributed by atoms with Gasteiger partial charge in [0.05, 0.1) is 0 Å². The van der Waals surface area contributed by atoms with Gasteiger partial charge in [0.25, 0.3) is 5.91 Å². The van der Waals surface area contributed by atoms with E-state index in [0.717, 1.165) is 18.5 Å². The molecule has 2 aromatic rings. The molecule has 0 radical (unpaired) electrons. The minimum atomic E-state index is -0.0893. The minimum Gasteiger partial charge on any atom is -0.351 e. The molecule has 0 saturated carbocycles. The third-order valence-corrected chi connectivity index (χ3v) is 4.91. The lowest BCUT2D eigenvalue weighted by Crippen LogP contribution is -2.37. The molecule has 116 valence electrons. The summed E-state index contributed by atoms with van der Waals surface area (Å²) in [5.74, 6) is -0.0893. The van der Waals surface area contributed by atoms with Crippen LogP contribution in [0.1, 0.15) is 36.2 Å². The smallest absolute Gasteiger partial charge is 0.269 e. The molecule has 1 unspecified atom stereocenters. The summed E-state index contributed by atoms with van der Waals surface area (Å²) in [6.07, 6.45) is 6.52. The molecule has 1 amide bonds. The Labute approximate surface area is 135 Å². The van der Waals surface area contributed by atoms with E-state index >= 15 is 0 Å². The van der Waals surface area contributed by atoms with Gasteiger partial charge in [-0.15, -0.1) is 11.3 Å². The highest BCUT2D eigenvalue weighted by Crippen LogP contribution is 2.23. The summed E-state index contributed by atoms with van der Waals surface area (Å²) in [6, 6.07) is 8.36. The Kier molecular flexibility index (Phi) is 5.19. The average molecular weight is 315 g/mol. The van der Waals surface area contributed by atoms with E-state index < -0.39 is 0 Å². The Morgan fingerprint density at radius 3 is 3.00 bits per heavy atom. The first-order valence-electron chi connectivity index (χ1n) is 7.84. The van der Waals surface area contributed by atoms with Crippen LogP contribution in [-0.4, -0.2) is 30.0 Å². The Bertz CT molecular complexity index is 589. The van der Waals surface area contributed by atoms with Gasteiger partial charge >= 0.3 is 0 Å². The predicted octanol–water partition coefficient (Wildman–Crippen LogP) is 3.07. The van der Waals surface area contributed by atoms with Gasteiger partial charge in [0.2, 0.25) is 0 Å². The lowest BCUT2D eigenvalue weighted by molar-refractivity contribution is 0.0946. The van der Waals surface area contributed by atoms with Gasteiger partial charge in [-0.2, -0.15) is 0 Å². The van der Waals surface area contributed by atoms with Crippen molar-refractivity contribution in [2.24, 2.45) is 0 Å². The molecule has 5 heteroatoms. The lowest BCUT2D eigenvalue weighted by atomic mass is 10.0. The maximum Gasteiger partial charge on any atom is 0.269 e. The fraction of sp³-hybridized carbons (Fsp3) is 0.412. The first kappa shape index (κ1) is 15.2. The summed E-state index contributed by atoms with van der Waals surface area (Å²) < 4.78 is 0. The normalized spacial score (nSPS) is 18.1. The van der Waals surface area contributed by atoms with Gasteiger partial charge in [-0.05, 0) is 49.4 Å². The number of rotatable bonds is 5. The zero-order valence-electron chi connectivity index (χ0n) is 12.5. The first-order valence-corrected chi connectivity index (χ1v) is 8.72. The van der Waals surface area contributed by atoms with Gasteiger partial charge in [-0.1, -0.05) is 12.5 Å². The zero-order valence-corrected chi connectivity index (χ0v) is 13.4. The number of nitrogens with zero attached hydrogens (tertiary/aromatic N) is 1. The number of carbonyl (C=O) groups excluding carboxylic acids is 1. The van der Waals surface area contributed by atoms with E-state index in [9.17, 15) is 4.79 Å². The maximum atomic E-state index is 12.1. The van der Waals surface area contributed by atoms with Crippen molar-refractivity contribution in [1.29, 1.82) is 0 Å². The van der Waals surface area contributed by atoms with Crippen LogP contribution in [0.4, 0.5) is 0 Å². The van der Waals surface area contributed by atoms with Gasteiger partial charge < -0.3 is 10.6 Å². The molecule has 4 nitrogen and oxygen atoms in total. The molecule has 1 fully saturated rings. The molecule has 2 aromatic heterocycles. The third kappa shape index (κ3) is 3.93. The Morgan fingerprint density at radius 2 is 2.32 bits per heavy atom. The molecule has 0 bridgehead atoms. The van der Waals surface area contributed by atoms with Crippen LogP contribution < -0.4 is 10.6 Å². The highest BCUT2D eigenvalue weighted by Gasteiger charge is 2.13. The van der Waals surface area contributed by atoms with Crippen LogP contribution in [0.5, 0.6) is 0 Å². The van der Waals surface area contributed by atoms with Crippen LogP contribution in [0.3, 0.4) is 0 Å². The van der Waals surface area contributed by atoms with Crippen molar-refractivity contribution in [2.75, 3.05) is 13.1 Å². The lowest BCUT2D eigenvalue weighted by Gasteiger charge is -2.23. The van der Waals surface area contributed by atoms with Crippen LogP contribution in [0.25, 0.3) is 10.4 Å². The fourth-order valence-electron chi connectivity index (χ4n) is 2.74. The van der Waals surface area contributed by atoms with E-state index in [1.807, 2.05) is 17.5 Å². The predicted molar refractivity (Wildman–Crippen MR) is 90.1 cm³/mol. The van der Waals surface area contributed by atoms with Crippen molar-refractivity contribution < 1.29 is 4.79 Å². The van der Waals surface area contributed by atoms with E-state index in [0.29, 0.717) is 18.3 Å². The Morgan fingerprint density at radius 1 is 1.36 bits per heavy atom. The number of hydrogen-bond acceptors (Lipinski definition) is 4. The SMILES string of the molecule is O=C(NCCC1CCCCN1)c1ccc(-c2cccs2)cn1. The number of thiophene rings is 1. The number of piperidine rings is 1. The van der Waals surface area contributed by atoms with Crippen molar-refractivity contribution in [2.45, 2.75) is 31.7 Å². The third-order valence-electron chi connectivity index (χ3n) is 3.99. The summed E-state index contributed by atoms with van der Waals surface area (Å²) >= 11 is 1.67. The number of amides is 1. The molecule has 3 heterocycles. The van der Waals surface area contributed by atoms with Crippen LogP contribution in [-0.2, 0) is 0 Å². The first-order chi connectivity index (χ1) is 10.8. The van der Waals surface area contributed by atoms with Gasteiger partial charge in [-0.3, -0.25) is 9.78 Å². The van der Waals surface area contributed by atoms with E-state index in [1.165, 1.54) is 24.1 Å². The average Bonchev–Trinajstić information content (AvgIpc) is 3.10. The van der Waals surface area contributed by atoms with Crippen molar-refractivity contribution in [3.8, 4) is 10.4 Å². The number of aromatic nitrogens is 1. The Hall–Kier alpha value is -1.72. The zero-order chi connectivity index (χ0) is 15.2. The van der Waals surface area contributed by atoms with Crippen LogP contribution in [0, 0.1) is 0 Å². The largest absolute Gasteiger partial charge is 0.351 e. The molecule has 0 spiro atoms. The molecule has 1 atom stereocenters. The second kappa shape index (κ2) is 7.51. The van der Waals surface area contributed by atoms with Gasteiger partial charge in [0.1, 0.15) is 5.69 Å². The van der Waals surface area contributed by atoms with Gasteiger partial charge in [0.15, 0.2) is 0 Å². The number of pyridine rings is 1. The summed E-state index contributed by atoms with van der Waals surface area (Å²) in [7, 11) is 0. The number of carbonyl (C=O) groups is 1. The topological polar surface area (TPSA) is 54.0 Å². The van der Waals surface area contributed by atoms with Crippen LogP contribution >= 0.6 is 11.3 Å². The summed E-state index contributed by atoms with van der Waals surface area (Å²) in [6.45, 7) is 1.80. The molecular weight excluding hydrogens is 294 g/mol. The quantitative estimate of drug-likeness (QED) is 0.891. The highest BCUT2D eigenvalue weighted by atomic mass is 32.1. The van der Waals surface area contributed by atoms with E-state index in [1.54, 1.807) is 23.6 Å². The monoisotopic (exact) mass is 315 g/mol. The van der Waals surface area contributed by atoms with Gasteiger partial charge in [0, 0.05) is 29.2 Å². The molecule has 0 aliphatic carbocycles. The highest BCUT2D eigenvalue weighted by molar-refractivity contribution is 7.13. The molecule has 1 aliphatic heterocycles. The molecule has 3 rings (SSSR count).